The van der Waals surface area contributed by atoms with Gasteiger partial charge in [-0.25, -0.2) is 4.39 Å². The highest BCUT2D eigenvalue weighted by Crippen LogP contribution is 2.21. The maximum Gasteiger partial charge on any atom is 0.225 e. The normalized spacial score (nSPS) is 10.3. The molecule has 5 nitrogen and oxygen atoms in total. The summed E-state index contributed by atoms with van der Waals surface area (Å²) in [4.78, 5) is 11.5. The summed E-state index contributed by atoms with van der Waals surface area (Å²) in [6.07, 6.45) is 0.338. The standard InChI is InChI=1S/C13H19FN2O3/c1-15-6-5-13(17)16-10-3-4-12(11(14)9-10)19-8-7-18-2/h3-4,9,15H,5-8H2,1-2H3,(H,16,17). The second-order valence-corrected chi connectivity index (χ2v) is 3.89. The lowest BCUT2D eigenvalue weighted by Crippen LogP contribution is -2.18. The van der Waals surface area contributed by atoms with Crippen LogP contribution in [0.15, 0.2) is 18.2 Å². The number of ether oxygens (including phenoxy) is 2. The van der Waals surface area contributed by atoms with Crippen molar-refractivity contribution in [1.82, 2.24) is 5.32 Å². The van der Waals surface area contributed by atoms with E-state index in [2.05, 4.69) is 10.6 Å². The van der Waals surface area contributed by atoms with Crippen molar-refractivity contribution in [3.05, 3.63) is 24.0 Å². The molecular formula is C13H19FN2O3. The van der Waals surface area contributed by atoms with E-state index in [1.54, 1.807) is 20.2 Å². The monoisotopic (exact) mass is 270 g/mol. The molecule has 1 rings (SSSR count). The minimum Gasteiger partial charge on any atom is -0.488 e. The first-order chi connectivity index (χ1) is 9.17. The molecule has 2 N–H and O–H groups in total. The van der Waals surface area contributed by atoms with E-state index in [1.165, 1.54) is 12.1 Å². The highest BCUT2D eigenvalue weighted by molar-refractivity contribution is 5.90. The quantitative estimate of drug-likeness (QED) is 0.701. The molecule has 0 spiro atoms. The molecule has 0 fully saturated rings. The first-order valence-electron chi connectivity index (χ1n) is 6.03. The molecule has 1 amide bonds. The summed E-state index contributed by atoms with van der Waals surface area (Å²) in [5.74, 6) is -0.533. The smallest absolute Gasteiger partial charge is 0.225 e. The molecule has 0 heterocycles. The number of rotatable bonds is 8. The van der Waals surface area contributed by atoms with Crippen molar-refractivity contribution >= 4 is 11.6 Å². The Balaban J connectivity index is 2.53. The Morgan fingerprint density at radius 1 is 1.37 bits per heavy atom. The molecule has 0 atom stereocenters. The molecule has 0 unspecified atom stereocenters. The molecule has 0 aromatic heterocycles. The molecule has 1 aromatic carbocycles. The maximum absolute atomic E-state index is 13.7. The number of hydrogen-bond acceptors (Lipinski definition) is 4. The van der Waals surface area contributed by atoms with Crippen LogP contribution >= 0.6 is 0 Å². The Bertz CT molecular complexity index is 413. The second-order valence-electron chi connectivity index (χ2n) is 3.89. The predicted octanol–water partition coefficient (Wildman–Crippen LogP) is 1.40. The van der Waals surface area contributed by atoms with Gasteiger partial charge in [0.05, 0.1) is 6.61 Å². The molecule has 0 saturated heterocycles. The third-order valence-corrected chi connectivity index (χ3v) is 2.36. The minimum absolute atomic E-state index is 0.144. The molecule has 0 aliphatic heterocycles. The largest absolute Gasteiger partial charge is 0.488 e. The van der Waals surface area contributed by atoms with E-state index in [0.29, 0.717) is 25.3 Å². The Hall–Kier alpha value is -1.66. The van der Waals surface area contributed by atoms with E-state index in [4.69, 9.17) is 9.47 Å². The van der Waals surface area contributed by atoms with Crippen LogP contribution in [0.4, 0.5) is 10.1 Å². The molecule has 106 valence electrons. The SMILES string of the molecule is CNCCC(=O)Nc1ccc(OCCOC)c(F)c1. The zero-order valence-corrected chi connectivity index (χ0v) is 11.2. The van der Waals surface area contributed by atoms with Gasteiger partial charge < -0.3 is 20.1 Å². The summed E-state index contributed by atoms with van der Waals surface area (Å²) in [5.41, 5.74) is 0.415. The number of amides is 1. The lowest BCUT2D eigenvalue weighted by Gasteiger charge is -2.09. The molecule has 19 heavy (non-hydrogen) atoms. The second kappa shape index (κ2) is 8.44. The molecule has 0 bridgehead atoms. The van der Waals surface area contributed by atoms with Crippen molar-refractivity contribution in [2.24, 2.45) is 0 Å². The fourth-order valence-electron chi connectivity index (χ4n) is 1.39. The van der Waals surface area contributed by atoms with Crippen LogP contribution in [0.3, 0.4) is 0 Å². The average molecular weight is 270 g/mol. The van der Waals surface area contributed by atoms with Crippen molar-refractivity contribution in [3.63, 3.8) is 0 Å². The van der Waals surface area contributed by atoms with Gasteiger partial charge in [-0.05, 0) is 19.2 Å². The Labute approximate surface area is 112 Å². The van der Waals surface area contributed by atoms with E-state index in [9.17, 15) is 9.18 Å². The van der Waals surface area contributed by atoms with Gasteiger partial charge in [0.25, 0.3) is 0 Å². The van der Waals surface area contributed by atoms with Gasteiger partial charge in [-0.1, -0.05) is 0 Å². The van der Waals surface area contributed by atoms with E-state index in [-0.39, 0.29) is 18.3 Å². The molecule has 6 heteroatoms. The number of nitrogens with one attached hydrogen (secondary N) is 2. The molecule has 1 aromatic rings. The van der Waals surface area contributed by atoms with Crippen molar-refractivity contribution in [1.29, 1.82) is 0 Å². The van der Waals surface area contributed by atoms with Crippen molar-refractivity contribution in [3.8, 4) is 5.75 Å². The van der Waals surface area contributed by atoms with Crippen LogP contribution in [0.1, 0.15) is 6.42 Å². The zero-order valence-electron chi connectivity index (χ0n) is 11.2. The lowest BCUT2D eigenvalue weighted by atomic mass is 10.2. The molecule has 0 aliphatic rings. The Kier molecular flexibility index (Phi) is 6.84. The van der Waals surface area contributed by atoms with Gasteiger partial charge >= 0.3 is 0 Å². The van der Waals surface area contributed by atoms with Gasteiger partial charge in [-0.15, -0.1) is 0 Å². The number of methoxy groups -OCH3 is 1. The van der Waals surface area contributed by atoms with Crippen LogP contribution in [0.2, 0.25) is 0 Å². The summed E-state index contributed by atoms with van der Waals surface area (Å²) in [7, 11) is 3.31. The van der Waals surface area contributed by atoms with Crippen molar-refractivity contribution in [2.75, 3.05) is 39.2 Å². The zero-order chi connectivity index (χ0) is 14.1. The van der Waals surface area contributed by atoms with E-state index in [0.717, 1.165) is 0 Å². The number of carbonyl (C=O) groups excluding carboxylic acids is 1. The summed E-state index contributed by atoms with van der Waals surface area (Å²) in [5, 5.41) is 5.48. The van der Waals surface area contributed by atoms with E-state index < -0.39 is 5.82 Å². The lowest BCUT2D eigenvalue weighted by molar-refractivity contribution is -0.116. The minimum atomic E-state index is -0.512. The molecule has 0 saturated carbocycles. The number of hydrogen-bond donors (Lipinski definition) is 2. The van der Waals surface area contributed by atoms with Crippen LogP contribution in [-0.2, 0) is 9.53 Å². The van der Waals surface area contributed by atoms with Crippen LogP contribution in [0, 0.1) is 5.82 Å². The third kappa shape index (κ3) is 5.67. The summed E-state index contributed by atoms with van der Waals surface area (Å²) in [6, 6.07) is 4.32. The van der Waals surface area contributed by atoms with Gasteiger partial charge in [0.2, 0.25) is 5.91 Å². The van der Waals surface area contributed by atoms with Gasteiger partial charge in [0.1, 0.15) is 6.61 Å². The highest BCUT2D eigenvalue weighted by atomic mass is 19.1. The first-order valence-corrected chi connectivity index (χ1v) is 6.03. The Morgan fingerprint density at radius 2 is 2.16 bits per heavy atom. The fraction of sp³-hybridized carbons (Fsp3) is 0.462. The van der Waals surface area contributed by atoms with Crippen LogP contribution < -0.4 is 15.4 Å². The third-order valence-electron chi connectivity index (χ3n) is 2.36. The van der Waals surface area contributed by atoms with Gasteiger partial charge in [0.15, 0.2) is 11.6 Å². The van der Waals surface area contributed by atoms with Crippen LogP contribution in [0.5, 0.6) is 5.75 Å². The van der Waals surface area contributed by atoms with Crippen molar-refractivity contribution < 1.29 is 18.7 Å². The number of carbonyl (C=O) groups is 1. The average Bonchev–Trinajstić information content (AvgIpc) is 2.39. The topological polar surface area (TPSA) is 59.6 Å². The van der Waals surface area contributed by atoms with Crippen molar-refractivity contribution in [2.45, 2.75) is 6.42 Å². The summed E-state index contributed by atoms with van der Waals surface area (Å²) >= 11 is 0. The maximum atomic E-state index is 13.7. The number of halogens is 1. The number of anilines is 1. The first kappa shape index (κ1) is 15.4. The van der Waals surface area contributed by atoms with Gasteiger partial charge in [-0.3, -0.25) is 4.79 Å². The Morgan fingerprint density at radius 3 is 2.79 bits per heavy atom. The highest BCUT2D eigenvalue weighted by Gasteiger charge is 2.07. The summed E-state index contributed by atoms with van der Waals surface area (Å²) in [6.45, 7) is 1.25. The van der Waals surface area contributed by atoms with Gasteiger partial charge in [-0.2, -0.15) is 0 Å². The predicted molar refractivity (Wildman–Crippen MR) is 70.9 cm³/mol. The molecule has 0 aliphatic carbocycles. The van der Waals surface area contributed by atoms with E-state index >= 15 is 0 Å². The fourth-order valence-corrected chi connectivity index (χ4v) is 1.39. The van der Waals surface area contributed by atoms with Crippen LogP contribution in [-0.4, -0.2) is 39.8 Å². The van der Waals surface area contributed by atoms with Gasteiger partial charge in [0, 0.05) is 31.8 Å². The van der Waals surface area contributed by atoms with Crippen LogP contribution in [0.25, 0.3) is 0 Å². The summed E-state index contributed by atoms with van der Waals surface area (Å²) < 4.78 is 23.6. The van der Waals surface area contributed by atoms with E-state index in [1.807, 2.05) is 0 Å². The molecule has 0 radical (unpaired) electrons. The molecular weight excluding hydrogens is 251 g/mol. The number of benzene rings is 1.